The zero-order valence-corrected chi connectivity index (χ0v) is 10.9. The molecule has 1 saturated heterocycles. The first-order valence-corrected chi connectivity index (χ1v) is 6.55. The molecule has 0 aliphatic carbocycles. The van der Waals surface area contributed by atoms with Gasteiger partial charge in [-0.3, -0.25) is 0 Å². The Morgan fingerprint density at radius 3 is 2.88 bits per heavy atom. The van der Waals surface area contributed by atoms with E-state index in [1.54, 1.807) is 0 Å². The molecular weight excluding hydrogens is 210 g/mol. The maximum absolute atomic E-state index is 9.41. The van der Waals surface area contributed by atoms with Crippen LogP contribution in [0.15, 0.2) is 24.3 Å². The van der Waals surface area contributed by atoms with E-state index in [0.29, 0.717) is 6.04 Å². The Bertz CT molecular complexity index is 367. The van der Waals surface area contributed by atoms with Crippen LogP contribution in [0, 0.1) is 0 Å². The second kappa shape index (κ2) is 5.19. The summed E-state index contributed by atoms with van der Waals surface area (Å²) in [7, 11) is 0. The van der Waals surface area contributed by atoms with Crippen molar-refractivity contribution < 1.29 is 5.11 Å². The molecule has 1 aromatic carbocycles. The number of aliphatic hydroxyl groups excluding tert-OH is 1. The molecule has 0 radical (unpaired) electrons. The molecule has 0 bridgehead atoms. The summed E-state index contributed by atoms with van der Waals surface area (Å²) in [5, 5.41) is 12.9. The molecule has 2 N–H and O–H groups in total. The van der Waals surface area contributed by atoms with Crippen LogP contribution in [0.1, 0.15) is 37.8 Å². The molecule has 2 nitrogen and oxygen atoms in total. The van der Waals surface area contributed by atoms with E-state index >= 15 is 0 Å². The highest BCUT2D eigenvalue weighted by Crippen LogP contribution is 2.24. The van der Waals surface area contributed by atoms with Crippen LogP contribution < -0.4 is 5.32 Å². The van der Waals surface area contributed by atoms with Crippen LogP contribution >= 0.6 is 0 Å². The summed E-state index contributed by atoms with van der Waals surface area (Å²) in [5.41, 5.74) is 2.47. The van der Waals surface area contributed by atoms with Crippen molar-refractivity contribution in [1.29, 1.82) is 0 Å². The molecule has 0 saturated carbocycles. The predicted octanol–water partition coefficient (Wildman–Crippen LogP) is 2.25. The molecule has 1 aromatic rings. The second-order valence-corrected chi connectivity index (χ2v) is 5.74. The van der Waals surface area contributed by atoms with Crippen molar-refractivity contribution >= 4 is 0 Å². The van der Waals surface area contributed by atoms with Crippen LogP contribution in [0.3, 0.4) is 0 Å². The molecule has 0 aromatic heterocycles. The van der Waals surface area contributed by atoms with E-state index in [1.165, 1.54) is 24.0 Å². The Kier molecular flexibility index (Phi) is 3.85. The number of hydrogen-bond acceptors (Lipinski definition) is 2. The van der Waals surface area contributed by atoms with Gasteiger partial charge in [0.15, 0.2) is 0 Å². The minimum atomic E-state index is -0.140. The van der Waals surface area contributed by atoms with Crippen molar-refractivity contribution in [2.24, 2.45) is 0 Å². The van der Waals surface area contributed by atoms with Gasteiger partial charge in [0.1, 0.15) is 0 Å². The van der Waals surface area contributed by atoms with Gasteiger partial charge in [-0.15, -0.1) is 0 Å². The first kappa shape index (κ1) is 12.6. The third-order valence-electron chi connectivity index (χ3n) is 3.75. The molecule has 0 amide bonds. The van der Waals surface area contributed by atoms with Crippen LogP contribution in [0.5, 0.6) is 0 Å². The zero-order valence-electron chi connectivity index (χ0n) is 10.9. The molecule has 1 aliphatic heterocycles. The van der Waals surface area contributed by atoms with Gasteiger partial charge in [-0.05, 0) is 36.9 Å². The predicted molar refractivity (Wildman–Crippen MR) is 71.3 cm³/mol. The van der Waals surface area contributed by atoms with Gasteiger partial charge in [0, 0.05) is 11.5 Å². The van der Waals surface area contributed by atoms with Crippen molar-refractivity contribution in [3.8, 4) is 0 Å². The lowest BCUT2D eigenvalue weighted by Gasteiger charge is -2.23. The summed E-state index contributed by atoms with van der Waals surface area (Å²) in [6, 6.07) is 9.30. The summed E-state index contributed by atoms with van der Waals surface area (Å²) in [5.74, 6) is 0. The van der Waals surface area contributed by atoms with E-state index in [2.05, 4.69) is 43.4 Å². The highest BCUT2D eigenvalue weighted by Gasteiger charge is 2.20. The van der Waals surface area contributed by atoms with Crippen molar-refractivity contribution in [2.75, 3.05) is 13.2 Å². The number of benzene rings is 1. The fourth-order valence-electron chi connectivity index (χ4n) is 2.43. The SMILES string of the molecule is CC(C)(CO)c1cccc(CC2CCCN2)c1. The maximum Gasteiger partial charge on any atom is 0.0522 e. The van der Waals surface area contributed by atoms with Crippen molar-refractivity contribution in [1.82, 2.24) is 5.32 Å². The van der Waals surface area contributed by atoms with Gasteiger partial charge < -0.3 is 10.4 Å². The molecule has 94 valence electrons. The highest BCUT2D eigenvalue weighted by molar-refractivity contribution is 5.30. The summed E-state index contributed by atoms with van der Waals surface area (Å²) in [6.07, 6.45) is 3.69. The van der Waals surface area contributed by atoms with Gasteiger partial charge in [0.05, 0.1) is 6.61 Å². The lowest BCUT2D eigenvalue weighted by molar-refractivity contribution is 0.218. The molecule has 17 heavy (non-hydrogen) atoms. The largest absolute Gasteiger partial charge is 0.395 e. The molecule has 2 heteroatoms. The summed E-state index contributed by atoms with van der Waals surface area (Å²) >= 11 is 0. The summed E-state index contributed by atoms with van der Waals surface area (Å²) in [6.45, 7) is 5.52. The molecule has 1 atom stereocenters. The van der Waals surface area contributed by atoms with Gasteiger partial charge in [-0.2, -0.15) is 0 Å². The lowest BCUT2D eigenvalue weighted by Crippen LogP contribution is -2.25. The lowest BCUT2D eigenvalue weighted by atomic mass is 9.84. The minimum Gasteiger partial charge on any atom is -0.395 e. The van der Waals surface area contributed by atoms with Crippen LogP contribution in [-0.2, 0) is 11.8 Å². The summed E-state index contributed by atoms with van der Waals surface area (Å²) < 4.78 is 0. The standard InChI is InChI=1S/C15H23NO/c1-15(2,11-17)13-6-3-5-12(9-13)10-14-7-4-8-16-14/h3,5-6,9,14,16-17H,4,7-8,10-11H2,1-2H3. The zero-order chi connectivity index (χ0) is 12.3. The number of hydrogen-bond donors (Lipinski definition) is 2. The normalized spacial score (nSPS) is 20.8. The van der Waals surface area contributed by atoms with Gasteiger partial charge in [-0.25, -0.2) is 0 Å². The van der Waals surface area contributed by atoms with E-state index in [4.69, 9.17) is 0 Å². The molecule has 0 spiro atoms. The van der Waals surface area contributed by atoms with Gasteiger partial charge in [0.25, 0.3) is 0 Å². The Balaban J connectivity index is 2.10. The molecule has 2 rings (SSSR count). The molecule has 1 aliphatic rings. The Morgan fingerprint density at radius 1 is 1.41 bits per heavy atom. The maximum atomic E-state index is 9.41. The van der Waals surface area contributed by atoms with E-state index in [0.717, 1.165) is 13.0 Å². The average Bonchev–Trinajstić information content (AvgIpc) is 2.82. The van der Waals surface area contributed by atoms with E-state index in [9.17, 15) is 5.11 Å². The Hall–Kier alpha value is -0.860. The van der Waals surface area contributed by atoms with Gasteiger partial charge >= 0.3 is 0 Å². The molecule has 1 heterocycles. The first-order chi connectivity index (χ1) is 8.12. The topological polar surface area (TPSA) is 32.3 Å². The molecule has 1 fully saturated rings. The van der Waals surface area contributed by atoms with Crippen molar-refractivity contribution in [2.45, 2.75) is 44.6 Å². The molecular formula is C15H23NO. The monoisotopic (exact) mass is 233 g/mol. The van der Waals surface area contributed by atoms with Crippen molar-refractivity contribution in [3.63, 3.8) is 0 Å². The fourth-order valence-corrected chi connectivity index (χ4v) is 2.43. The number of rotatable bonds is 4. The van der Waals surface area contributed by atoms with Crippen LogP contribution in [0.4, 0.5) is 0 Å². The third-order valence-corrected chi connectivity index (χ3v) is 3.75. The van der Waals surface area contributed by atoms with Crippen molar-refractivity contribution in [3.05, 3.63) is 35.4 Å². The fraction of sp³-hybridized carbons (Fsp3) is 0.600. The quantitative estimate of drug-likeness (QED) is 0.836. The third kappa shape index (κ3) is 3.08. The Morgan fingerprint density at radius 2 is 2.24 bits per heavy atom. The number of aliphatic hydroxyl groups is 1. The second-order valence-electron chi connectivity index (χ2n) is 5.74. The minimum absolute atomic E-state index is 0.140. The summed E-state index contributed by atoms with van der Waals surface area (Å²) in [4.78, 5) is 0. The smallest absolute Gasteiger partial charge is 0.0522 e. The van der Waals surface area contributed by atoms with Crippen LogP contribution in [-0.4, -0.2) is 24.3 Å². The Labute approximate surface area is 104 Å². The van der Waals surface area contributed by atoms with Crippen LogP contribution in [0.25, 0.3) is 0 Å². The van der Waals surface area contributed by atoms with Gasteiger partial charge in [0.2, 0.25) is 0 Å². The van der Waals surface area contributed by atoms with Crippen LogP contribution in [0.2, 0.25) is 0 Å². The van der Waals surface area contributed by atoms with Gasteiger partial charge in [-0.1, -0.05) is 38.1 Å². The number of nitrogens with one attached hydrogen (secondary N) is 1. The van der Waals surface area contributed by atoms with E-state index < -0.39 is 0 Å². The first-order valence-electron chi connectivity index (χ1n) is 6.55. The average molecular weight is 233 g/mol. The van der Waals surface area contributed by atoms with E-state index in [-0.39, 0.29) is 12.0 Å². The molecule has 1 unspecified atom stereocenters. The van der Waals surface area contributed by atoms with E-state index in [1.807, 2.05) is 0 Å². The highest BCUT2D eigenvalue weighted by atomic mass is 16.3.